The molecule has 2 aromatic carbocycles. The van der Waals surface area contributed by atoms with E-state index in [0.29, 0.717) is 37.9 Å². The molecule has 34 heavy (non-hydrogen) atoms. The van der Waals surface area contributed by atoms with E-state index in [1.807, 2.05) is 13.0 Å². The van der Waals surface area contributed by atoms with Crippen LogP contribution in [0.3, 0.4) is 0 Å². The van der Waals surface area contributed by atoms with Crippen LogP contribution < -0.4 is 15.4 Å². The van der Waals surface area contributed by atoms with E-state index in [2.05, 4.69) is 39.6 Å². The molecule has 3 N–H and O–H groups in total. The lowest BCUT2D eigenvalue weighted by Crippen LogP contribution is -2.52. The number of aryl methyl sites for hydroxylation is 1. The summed E-state index contributed by atoms with van der Waals surface area (Å²) in [6.45, 7) is 3.64. The highest BCUT2D eigenvalue weighted by molar-refractivity contribution is 7.89. The second kappa shape index (κ2) is 11.5. The van der Waals surface area contributed by atoms with Crippen LogP contribution in [0.15, 0.2) is 59.5 Å². The van der Waals surface area contributed by atoms with Gasteiger partial charge in [-0.2, -0.15) is 0 Å². The predicted octanol–water partition coefficient (Wildman–Crippen LogP) is 3.73. The van der Waals surface area contributed by atoms with E-state index in [1.54, 1.807) is 24.3 Å². The topological polar surface area (TPSA) is 87.3 Å². The number of hydrogen-bond acceptors (Lipinski definition) is 4. The van der Waals surface area contributed by atoms with Crippen molar-refractivity contribution in [2.45, 2.75) is 62.3 Å². The highest BCUT2D eigenvalue weighted by Crippen LogP contribution is 2.35. The van der Waals surface area contributed by atoms with Crippen LogP contribution in [-0.2, 0) is 14.8 Å². The van der Waals surface area contributed by atoms with Crippen LogP contribution in [-0.4, -0.2) is 40.0 Å². The number of rotatable bonds is 8. The lowest BCUT2D eigenvalue weighted by molar-refractivity contribution is -0.125. The molecule has 1 aliphatic heterocycles. The summed E-state index contributed by atoms with van der Waals surface area (Å²) in [5.41, 5.74) is 2.30. The first-order valence-corrected chi connectivity index (χ1v) is 14.0. The number of hydrogen-bond donors (Lipinski definition) is 3. The SMILES string of the molecule is Cc1ccc(S(=O)(=O)N[C@H]2CNC[C@@H](C(=O)NCC(c3ccccc3)C3CCCCC3)C2)cc1. The monoisotopic (exact) mass is 483 g/mol. The largest absolute Gasteiger partial charge is 0.355 e. The summed E-state index contributed by atoms with van der Waals surface area (Å²) >= 11 is 0. The van der Waals surface area contributed by atoms with Crippen molar-refractivity contribution in [1.29, 1.82) is 0 Å². The Morgan fingerprint density at radius 3 is 2.41 bits per heavy atom. The van der Waals surface area contributed by atoms with Gasteiger partial charge in [-0.3, -0.25) is 4.79 Å². The molecule has 0 bridgehead atoms. The Morgan fingerprint density at radius 1 is 1.00 bits per heavy atom. The fraction of sp³-hybridized carbons (Fsp3) is 0.519. The van der Waals surface area contributed by atoms with Crippen LogP contribution in [0, 0.1) is 18.8 Å². The van der Waals surface area contributed by atoms with Crippen LogP contribution in [0.25, 0.3) is 0 Å². The molecule has 1 unspecified atom stereocenters. The Balaban J connectivity index is 1.36. The number of amides is 1. The lowest BCUT2D eigenvalue weighted by atomic mass is 9.76. The highest BCUT2D eigenvalue weighted by atomic mass is 32.2. The molecule has 1 saturated carbocycles. The summed E-state index contributed by atoms with van der Waals surface area (Å²) in [7, 11) is -3.62. The molecule has 1 heterocycles. The molecule has 1 saturated heterocycles. The van der Waals surface area contributed by atoms with Crippen LogP contribution >= 0.6 is 0 Å². The second-order valence-electron chi connectivity index (χ2n) is 9.88. The number of sulfonamides is 1. The first-order valence-electron chi connectivity index (χ1n) is 12.5. The first-order chi connectivity index (χ1) is 16.4. The minimum atomic E-state index is -3.62. The molecule has 4 rings (SSSR count). The molecule has 2 fully saturated rings. The van der Waals surface area contributed by atoms with Crippen LogP contribution in [0.2, 0.25) is 0 Å². The summed E-state index contributed by atoms with van der Waals surface area (Å²) in [6, 6.07) is 17.0. The summed E-state index contributed by atoms with van der Waals surface area (Å²) < 4.78 is 28.4. The van der Waals surface area contributed by atoms with Crippen LogP contribution in [0.5, 0.6) is 0 Å². The molecular formula is C27H37N3O3S. The smallest absolute Gasteiger partial charge is 0.240 e. The maximum atomic E-state index is 13.1. The maximum absolute atomic E-state index is 13.1. The number of benzene rings is 2. The molecule has 3 atom stereocenters. The summed E-state index contributed by atoms with van der Waals surface area (Å²) in [4.78, 5) is 13.4. The quantitative estimate of drug-likeness (QED) is 0.534. The van der Waals surface area contributed by atoms with Gasteiger partial charge >= 0.3 is 0 Å². The van der Waals surface area contributed by atoms with Gasteiger partial charge in [0.15, 0.2) is 0 Å². The fourth-order valence-corrected chi connectivity index (χ4v) is 6.63. The Hall–Kier alpha value is -2.22. The molecular weight excluding hydrogens is 446 g/mol. The van der Waals surface area contributed by atoms with Gasteiger partial charge in [-0.25, -0.2) is 13.1 Å². The van der Waals surface area contributed by atoms with Crippen LogP contribution in [0.4, 0.5) is 0 Å². The number of piperidine rings is 1. The molecule has 6 nitrogen and oxygen atoms in total. The van der Waals surface area contributed by atoms with E-state index >= 15 is 0 Å². The maximum Gasteiger partial charge on any atom is 0.240 e. The summed E-state index contributed by atoms with van der Waals surface area (Å²) in [6.07, 6.45) is 6.74. The fourth-order valence-electron chi connectivity index (χ4n) is 5.38. The van der Waals surface area contributed by atoms with E-state index in [-0.39, 0.29) is 22.8 Å². The average molecular weight is 484 g/mol. The average Bonchev–Trinajstić information content (AvgIpc) is 2.85. The van der Waals surface area contributed by atoms with Crippen molar-refractivity contribution in [2.75, 3.05) is 19.6 Å². The van der Waals surface area contributed by atoms with Crippen molar-refractivity contribution >= 4 is 15.9 Å². The Labute approximate surface area is 204 Å². The van der Waals surface area contributed by atoms with Gasteiger partial charge in [0.2, 0.25) is 15.9 Å². The first kappa shape index (κ1) is 24.9. The lowest BCUT2D eigenvalue weighted by Gasteiger charge is -2.33. The van der Waals surface area contributed by atoms with Gasteiger partial charge in [-0.05, 0) is 49.8 Å². The molecule has 1 aliphatic carbocycles. The third kappa shape index (κ3) is 6.46. The number of carbonyl (C=O) groups excluding carboxylic acids is 1. The Kier molecular flexibility index (Phi) is 8.40. The predicted molar refractivity (Wildman–Crippen MR) is 135 cm³/mol. The minimum Gasteiger partial charge on any atom is -0.355 e. The minimum absolute atomic E-state index is 0.00322. The van der Waals surface area contributed by atoms with Crippen molar-refractivity contribution < 1.29 is 13.2 Å². The normalized spacial score (nSPS) is 22.7. The second-order valence-corrected chi connectivity index (χ2v) is 11.6. The Bertz CT molecular complexity index is 1030. The third-order valence-electron chi connectivity index (χ3n) is 7.32. The van der Waals surface area contributed by atoms with Gasteiger partial charge in [-0.1, -0.05) is 67.3 Å². The van der Waals surface area contributed by atoms with E-state index in [1.165, 1.54) is 37.7 Å². The van der Waals surface area contributed by atoms with Crippen molar-refractivity contribution in [1.82, 2.24) is 15.4 Å². The van der Waals surface area contributed by atoms with Gasteiger partial charge in [0.05, 0.1) is 10.8 Å². The van der Waals surface area contributed by atoms with Crippen molar-refractivity contribution in [3.8, 4) is 0 Å². The number of nitrogens with one attached hydrogen (secondary N) is 3. The van der Waals surface area contributed by atoms with E-state index in [9.17, 15) is 13.2 Å². The Morgan fingerprint density at radius 2 is 1.71 bits per heavy atom. The molecule has 7 heteroatoms. The van der Waals surface area contributed by atoms with Gasteiger partial charge in [0, 0.05) is 31.6 Å². The number of carbonyl (C=O) groups is 1. The third-order valence-corrected chi connectivity index (χ3v) is 8.85. The van der Waals surface area contributed by atoms with E-state index in [4.69, 9.17) is 0 Å². The summed E-state index contributed by atoms with van der Waals surface area (Å²) in [5, 5.41) is 6.46. The highest BCUT2D eigenvalue weighted by Gasteiger charge is 2.31. The van der Waals surface area contributed by atoms with E-state index in [0.717, 1.165) is 5.56 Å². The van der Waals surface area contributed by atoms with Crippen molar-refractivity contribution in [2.24, 2.45) is 11.8 Å². The molecule has 2 aromatic rings. The van der Waals surface area contributed by atoms with Crippen molar-refractivity contribution in [3.63, 3.8) is 0 Å². The molecule has 2 aliphatic rings. The van der Waals surface area contributed by atoms with E-state index < -0.39 is 10.0 Å². The molecule has 0 spiro atoms. The molecule has 1 amide bonds. The van der Waals surface area contributed by atoms with Gasteiger partial charge in [-0.15, -0.1) is 0 Å². The van der Waals surface area contributed by atoms with Gasteiger partial charge in [0.1, 0.15) is 0 Å². The zero-order valence-electron chi connectivity index (χ0n) is 20.0. The van der Waals surface area contributed by atoms with Crippen LogP contribution in [0.1, 0.15) is 55.6 Å². The standard InChI is InChI=1S/C27H37N3O3S/c1-20-12-14-25(15-13-20)34(32,33)30-24-16-23(17-28-18-24)27(31)29-19-26(21-8-4-2-5-9-21)22-10-6-3-7-11-22/h2,4-5,8-9,12-15,22-24,26,28,30H,3,6-7,10-11,16-19H2,1H3,(H,29,31)/t23-,24+,26?/m0/s1. The zero-order valence-corrected chi connectivity index (χ0v) is 20.8. The molecule has 184 valence electrons. The van der Waals surface area contributed by atoms with Crippen molar-refractivity contribution in [3.05, 3.63) is 65.7 Å². The zero-order chi connectivity index (χ0) is 24.0. The molecule has 0 aromatic heterocycles. The molecule has 0 radical (unpaired) electrons. The van der Waals surface area contributed by atoms with Gasteiger partial charge in [0.25, 0.3) is 0 Å². The summed E-state index contributed by atoms with van der Waals surface area (Å²) in [5.74, 6) is 0.651. The van der Waals surface area contributed by atoms with Gasteiger partial charge < -0.3 is 10.6 Å².